The van der Waals surface area contributed by atoms with Crippen LogP contribution in [0, 0.1) is 5.92 Å². The van der Waals surface area contributed by atoms with Crippen LogP contribution in [-0.2, 0) is 6.54 Å². The topological polar surface area (TPSA) is 33.1 Å². The van der Waals surface area contributed by atoms with Crippen LogP contribution in [0.25, 0.3) is 0 Å². The zero-order valence-corrected chi connectivity index (χ0v) is 13.4. The van der Waals surface area contributed by atoms with Gasteiger partial charge in [-0.25, -0.2) is 0 Å². The van der Waals surface area contributed by atoms with Crippen molar-refractivity contribution in [1.29, 1.82) is 0 Å². The van der Waals surface area contributed by atoms with Crippen LogP contribution >= 0.6 is 0 Å². The molecule has 1 atom stereocenters. The molecule has 0 amide bonds. The maximum absolute atomic E-state index is 4.86. The molecule has 0 bridgehead atoms. The van der Waals surface area contributed by atoms with E-state index in [4.69, 9.17) is 5.10 Å². The van der Waals surface area contributed by atoms with Gasteiger partial charge in [-0.15, -0.1) is 0 Å². The predicted octanol–water partition coefficient (Wildman–Crippen LogP) is 2.82. The van der Waals surface area contributed by atoms with Crippen LogP contribution < -0.4 is 5.32 Å². The second-order valence-corrected chi connectivity index (χ2v) is 6.88. The molecule has 1 aromatic rings. The molecule has 1 aromatic heterocycles. The molecule has 2 aliphatic rings. The average molecular weight is 290 g/mol. The number of hydrogen-bond acceptors (Lipinski definition) is 3. The van der Waals surface area contributed by atoms with Gasteiger partial charge in [0.2, 0.25) is 0 Å². The highest BCUT2D eigenvalue weighted by molar-refractivity contribution is 5.00. The van der Waals surface area contributed by atoms with Gasteiger partial charge in [-0.3, -0.25) is 9.58 Å². The van der Waals surface area contributed by atoms with Crippen LogP contribution in [0.1, 0.15) is 56.7 Å². The summed E-state index contributed by atoms with van der Waals surface area (Å²) in [4.78, 5) is 2.58. The summed E-state index contributed by atoms with van der Waals surface area (Å²) in [6.45, 7) is 4.63. The monoisotopic (exact) mass is 290 g/mol. The third-order valence-corrected chi connectivity index (χ3v) is 5.09. The Hall–Kier alpha value is -0.870. The molecule has 3 rings (SSSR count). The van der Waals surface area contributed by atoms with Gasteiger partial charge < -0.3 is 5.32 Å². The predicted molar refractivity (Wildman–Crippen MR) is 86.3 cm³/mol. The third kappa shape index (κ3) is 4.07. The van der Waals surface area contributed by atoms with Crippen molar-refractivity contribution in [3.63, 3.8) is 0 Å². The van der Waals surface area contributed by atoms with Crippen molar-refractivity contribution in [2.75, 3.05) is 26.7 Å². The molecule has 4 heteroatoms. The number of likely N-dealkylation sites (tertiary alicyclic amines) is 1. The molecule has 1 unspecified atom stereocenters. The number of aromatic nitrogens is 2. The van der Waals surface area contributed by atoms with Crippen LogP contribution in [0.2, 0.25) is 0 Å². The quantitative estimate of drug-likeness (QED) is 0.905. The first-order valence-electron chi connectivity index (χ1n) is 8.76. The van der Waals surface area contributed by atoms with Crippen LogP contribution in [-0.4, -0.2) is 41.4 Å². The van der Waals surface area contributed by atoms with Crippen LogP contribution in [0.3, 0.4) is 0 Å². The van der Waals surface area contributed by atoms with E-state index < -0.39 is 0 Å². The van der Waals surface area contributed by atoms with E-state index in [1.165, 1.54) is 63.7 Å². The lowest BCUT2D eigenvalue weighted by molar-refractivity contribution is 0.164. The minimum Gasteiger partial charge on any atom is -0.319 e. The fourth-order valence-electron chi connectivity index (χ4n) is 3.99. The molecule has 1 saturated carbocycles. The SMILES string of the molecule is CNCC1CCCN(Cc2ccn(C3CCCCC3)n2)C1. The van der Waals surface area contributed by atoms with E-state index in [-0.39, 0.29) is 0 Å². The van der Waals surface area contributed by atoms with E-state index in [9.17, 15) is 0 Å². The van der Waals surface area contributed by atoms with Crippen molar-refractivity contribution >= 4 is 0 Å². The molecule has 21 heavy (non-hydrogen) atoms. The van der Waals surface area contributed by atoms with Gasteiger partial charge in [-0.2, -0.15) is 5.10 Å². The molecule has 1 N–H and O–H groups in total. The van der Waals surface area contributed by atoms with Crippen molar-refractivity contribution in [3.8, 4) is 0 Å². The summed E-state index contributed by atoms with van der Waals surface area (Å²) in [5, 5.41) is 8.18. The van der Waals surface area contributed by atoms with Gasteiger partial charge in [0.15, 0.2) is 0 Å². The van der Waals surface area contributed by atoms with E-state index in [1.807, 2.05) is 0 Å². The summed E-state index contributed by atoms with van der Waals surface area (Å²) in [6, 6.07) is 2.89. The van der Waals surface area contributed by atoms with Gasteiger partial charge in [0.25, 0.3) is 0 Å². The van der Waals surface area contributed by atoms with Gasteiger partial charge in [-0.05, 0) is 57.8 Å². The van der Waals surface area contributed by atoms with Gasteiger partial charge in [0.1, 0.15) is 0 Å². The van der Waals surface area contributed by atoms with Gasteiger partial charge in [0, 0.05) is 19.3 Å². The Morgan fingerprint density at radius 2 is 2.05 bits per heavy atom. The van der Waals surface area contributed by atoms with Crippen molar-refractivity contribution in [2.45, 2.75) is 57.5 Å². The molecular weight excluding hydrogens is 260 g/mol. The Balaban J connectivity index is 1.54. The van der Waals surface area contributed by atoms with Gasteiger partial charge in [-0.1, -0.05) is 19.3 Å². The van der Waals surface area contributed by atoms with Crippen molar-refractivity contribution in [3.05, 3.63) is 18.0 Å². The first-order valence-corrected chi connectivity index (χ1v) is 8.76. The summed E-state index contributed by atoms with van der Waals surface area (Å²) >= 11 is 0. The zero-order chi connectivity index (χ0) is 14.5. The number of hydrogen-bond donors (Lipinski definition) is 1. The molecule has 1 aliphatic carbocycles. The molecule has 2 fully saturated rings. The smallest absolute Gasteiger partial charge is 0.0764 e. The molecule has 0 aromatic carbocycles. The van der Waals surface area contributed by atoms with Gasteiger partial charge in [0.05, 0.1) is 11.7 Å². The lowest BCUT2D eigenvalue weighted by atomic mass is 9.96. The summed E-state index contributed by atoms with van der Waals surface area (Å²) in [5.41, 5.74) is 1.26. The van der Waals surface area contributed by atoms with Crippen molar-refractivity contribution in [1.82, 2.24) is 20.0 Å². The molecular formula is C17H30N4. The lowest BCUT2D eigenvalue weighted by Gasteiger charge is -2.32. The second kappa shape index (κ2) is 7.41. The van der Waals surface area contributed by atoms with E-state index in [2.05, 4.69) is 34.2 Å². The fraction of sp³-hybridized carbons (Fsp3) is 0.824. The fourth-order valence-corrected chi connectivity index (χ4v) is 3.99. The van der Waals surface area contributed by atoms with Crippen LogP contribution in [0.15, 0.2) is 12.3 Å². The Morgan fingerprint density at radius 3 is 2.86 bits per heavy atom. The highest BCUT2D eigenvalue weighted by atomic mass is 15.3. The van der Waals surface area contributed by atoms with E-state index in [0.717, 1.165) is 19.0 Å². The van der Waals surface area contributed by atoms with Gasteiger partial charge >= 0.3 is 0 Å². The number of nitrogens with zero attached hydrogens (tertiary/aromatic N) is 3. The second-order valence-electron chi connectivity index (χ2n) is 6.88. The zero-order valence-electron chi connectivity index (χ0n) is 13.4. The molecule has 1 saturated heterocycles. The summed E-state index contributed by atoms with van der Waals surface area (Å²) in [5.74, 6) is 0.809. The van der Waals surface area contributed by atoms with E-state index >= 15 is 0 Å². The number of piperidine rings is 1. The highest BCUT2D eigenvalue weighted by Crippen LogP contribution is 2.27. The summed E-state index contributed by atoms with van der Waals surface area (Å²) in [6.07, 6.45) is 11.7. The number of rotatable bonds is 5. The van der Waals surface area contributed by atoms with Crippen LogP contribution in [0.4, 0.5) is 0 Å². The first-order chi connectivity index (χ1) is 10.3. The standard InChI is InChI=1S/C17H30N4/c1-18-12-15-6-5-10-20(13-15)14-16-9-11-21(19-16)17-7-3-2-4-8-17/h9,11,15,17-18H,2-8,10,12-14H2,1H3. The molecule has 0 spiro atoms. The highest BCUT2D eigenvalue weighted by Gasteiger charge is 2.21. The average Bonchev–Trinajstić information content (AvgIpc) is 2.97. The Bertz CT molecular complexity index is 420. The Kier molecular flexibility index (Phi) is 5.31. The van der Waals surface area contributed by atoms with Crippen molar-refractivity contribution in [2.24, 2.45) is 5.92 Å². The minimum absolute atomic E-state index is 0.658. The largest absolute Gasteiger partial charge is 0.319 e. The normalized spacial score (nSPS) is 25.3. The van der Waals surface area contributed by atoms with E-state index in [1.54, 1.807) is 0 Å². The van der Waals surface area contributed by atoms with E-state index in [0.29, 0.717) is 6.04 Å². The first kappa shape index (κ1) is 15.0. The summed E-state index contributed by atoms with van der Waals surface area (Å²) < 4.78 is 2.24. The third-order valence-electron chi connectivity index (χ3n) is 5.09. The maximum Gasteiger partial charge on any atom is 0.0764 e. The van der Waals surface area contributed by atoms with Crippen LogP contribution in [0.5, 0.6) is 0 Å². The van der Waals surface area contributed by atoms with Crippen molar-refractivity contribution < 1.29 is 0 Å². The number of nitrogens with one attached hydrogen (secondary N) is 1. The molecule has 1 aliphatic heterocycles. The Morgan fingerprint density at radius 1 is 1.19 bits per heavy atom. The Labute approximate surface area is 128 Å². The maximum atomic E-state index is 4.86. The lowest BCUT2D eigenvalue weighted by Crippen LogP contribution is -2.38. The molecule has 0 radical (unpaired) electrons. The molecule has 4 nitrogen and oxygen atoms in total. The molecule has 2 heterocycles. The molecule has 118 valence electrons. The minimum atomic E-state index is 0.658. The summed E-state index contributed by atoms with van der Waals surface area (Å²) in [7, 11) is 2.06.